The molecule has 0 N–H and O–H groups in total. The van der Waals surface area contributed by atoms with E-state index in [0.717, 1.165) is 25.8 Å². The van der Waals surface area contributed by atoms with Crippen LogP contribution in [-0.4, -0.2) is 36.5 Å². The van der Waals surface area contributed by atoms with E-state index in [1.54, 1.807) is 11.8 Å². The summed E-state index contributed by atoms with van der Waals surface area (Å²) in [6.45, 7) is 7.41. The zero-order valence-corrected chi connectivity index (χ0v) is 10.6. The summed E-state index contributed by atoms with van der Waals surface area (Å²) >= 11 is 0. The van der Waals surface area contributed by atoms with Crippen LogP contribution in [0.2, 0.25) is 0 Å². The van der Waals surface area contributed by atoms with Gasteiger partial charge in [-0.2, -0.15) is 0 Å². The molecular formula is C12H23NO3. The lowest BCUT2D eigenvalue weighted by molar-refractivity contribution is -0.143. The smallest absolute Gasteiger partial charge is 0.305 e. The highest BCUT2D eigenvalue weighted by atomic mass is 16.5. The molecular weight excluding hydrogens is 206 g/mol. The molecule has 1 amide bonds. The van der Waals surface area contributed by atoms with Crippen molar-refractivity contribution in [2.75, 3.05) is 19.7 Å². The third-order valence-electron chi connectivity index (χ3n) is 2.23. The lowest BCUT2D eigenvalue weighted by Gasteiger charge is -2.19. The highest BCUT2D eigenvalue weighted by Gasteiger charge is 2.07. The third-order valence-corrected chi connectivity index (χ3v) is 2.23. The first kappa shape index (κ1) is 14.9. The number of hydrogen-bond acceptors (Lipinski definition) is 3. The Labute approximate surface area is 98.0 Å². The molecule has 0 saturated carbocycles. The number of amides is 1. The van der Waals surface area contributed by atoms with Gasteiger partial charge in [0.05, 0.1) is 6.61 Å². The van der Waals surface area contributed by atoms with E-state index in [1.807, 2.05) is 13.8 Å². The Balaban J connectivity index is 3.62. The fourth-order valence-corrected chi connectivity index (χ4v) is 1.41. The van der Waals surface area contributed by atoms with Gasteiger partial charge < -0.3 is 9.64 Å². The number of rotatable bonds is 8. The summed E-state index contributed by atoms with van der Waals surface area (Å²) in [5.41, 5.74) is 0. The maximum atomic E-state index is 11.2. The van der Waals surface area contributed by atoms with E-state index in [9.17, 15) is 9.59 Å². The van der Waals surface area contributed by atoms with Gasteiger partial charge >= 0.3 is 5.97 Å². The molecule has 0 saturated heterocycles. The van der Waals surface area contributed by atoms with Crippen molar-refractivity contribution in [1.82, 2.24) is 4.90 Å². The molecule has 0 aromatic carbocycles. The van der Waals surface area contributed by atoms with E-state index in [1.165, 1.54) is 0 Å². The van der Waals surface area contributed by atoms with Crippen LogP contribution in [0.3, 0.4) is 0 Å². The van der Waals surface area contributed by atoms with Crippen molar-refractivity contribution in [2.24, 2.45) is 0 Å². The molecule has 4 heteroatoms. The Morgan fingerprint density at radius 3 is 2.31 bits per heavy atom. The van der Waals surface area contributed by atoms with Gasteiger partial charge in [0.25, 0.3) is 0 Å². The van der Waals surface area contributed by atoms with Gasteiger partial charge in [-0.25, -0.2) is 0 Å². The molecule has 0 radical (unpaired) electrons. The molecule has 0 aromatic heterocycles. The molecule has 0 heterocycles. The van der Waals surface area contributed by atoms with Crippen LogP contribution < -0.4 is 0 Å². The highest BCUT2D eigenvalue weighted by molar-refractivity contribution is 5.73. The van der Waals surface area contributed by atoms with Crippen LogP contribution in [-0.2, 0) is 14.3 Å². The Hall–Kier alpha value is -1.06. The van der Waals surface area contributed by atoms with Gasteiger partial charge in [-0.1, -0.05) is 13.8 Å². The SMILES string of the molecule is CCCC(=O)OCCCN(CCC)C(C)=O. The van der Waals surface area contributed by atoms with Crippen LogP contribution in [0.25, 0.3) is 0 Å². The van der Waals surface area contributed by atoms with Crippen molar-refractivity contribution in [3.63, 3.8) is 0 Å². The molecule has 16 heavy (non-hydrogen) atoms. The Kier molecular flexibility index (Phi) is 8.58. The molecule has 0 aliphatic heterocycles. The molecule has 0 aliphatic rings. The van der Waals surface area contributed by atoms with Gasteiger partial charge in [-0.15, -0.1) is 0 Å². The largest absolute Gasteiger partial charge is 0.466 e. The van der Waals surface area contributed by atoms with Gasteiger partial charge in [-0.3, -0.25) is 9.59 Å². The number of carbonyl (C=O) groups is 2. The van der Waals surface area contributed by atoms with Gasteiger partial charge in [0, 0.05) is 26.4 Å². The Bertz CT molecular complexity index is 216. The number of nitrogens with zero attached hydrogens (tertiary/aromatic N) is 1. The highest BCUT2D eigenvalue weighted by Crippen LogP contribution is 1.97. The fourth-order valence-electron chi connectivity index (χ4n) is 1.41. The molecule has 0 rings (SSSR count). The minimum absolute atomic E-state index is 0.0849. The maximum absolute atomic E-state index is 11.2. The second-order valence-corrected chi connectivity index (χ2v) is 3.83. The average Bonchev–Trinajstić information content (AvgIpc) is 2.22. The van der Waals surface area contributed by atoms with Crippen molar-refractivity contribution >= 4 is 11.9 Å². The predicted octanol–water partition coefficient (Wildman–Crippen LogP) is 1.98. The minimum atomic E-state index is -0.146. The van der Waals surface area contributed by atoms with Crippen LogP contribution in [0.5, 0.6) is 0 Å². The number of carbonyl (C=O) groups excluding carboxylic acids is 2. The fraction of sp³-hybridized carbons (Fsp3) is 0.833. The molecule has 0 atom stereocenters. The number of ether oxygens (including phenoxy) is 1. The lowest BCUT2D eigenvalue weighted by atomic mass is 10.3. The molecule has 94 valence electrons. The Morgan fingerprint density at radius 2 is 1.81 bits per heavy atom. The molecule has 0 aliphatic carbocycles. The summed E-state index contributed by atoms with van der Waals surface area (Å²) < 4.78 is 5.01. The van der Waals surface area contributed by atoms with E-state index < -0.39 is 0 Å². The van der Waals surface area contributed by atoms with Crippen molar-refractivity contribution in [3.05, 3.63) is 0 Å². The average molecular weight is 229 g/mol. The van der Waals surface area contributed by atoms with Gasteiger partial charge in [0.15, 0.2) is 0 Å². The molecule has 4 nitrogen and oxygen atoms in total. The quantitative estimate of drug-likeness (QED) is 0.472. The summed E-state index contributed by atoms with van der Waals surface area (Å²) in [6, 6.07) is 0. The summed E-state index contributed by atoms with van der Waals surface area (Å²) in [4.78, 5) is 24.0. The van der Waals surface area contributed by atoms with Crippen molar-refractivity contribution in [1.29, 1.82) is 0 Å². The van der Waals surface area contributed by atoms with Crippen LogP contribution in [0, 0.1) is 0 Å². The van der Waals surface area contributed by atoms with E-state index in [4.69, 9.17) is 4.74 Å². The van der Waals surface area contributed by atoms with Gasteiger partial charge in [0.2, 0.25) is 5.91 Å². The zero-order valence-electron chi connectivity index (χ0n) is 10.6. The second kappa shape index (κ2) is 9.19. The summed E-state index contributed by atoms with van der Waals surface area (Å²) in [7, 11) is 0. The minimum Gasteiger partial charge on any atom is -0.466 e. The van der Waals surface area contributed by atoms with E-state index in [0.29, 0.717) is 19.6 Å². The monoisotopic (exact) mass is 229 g/mol. The normalized spacial score (nSPS) is 9.94. The van der Waals surface area contributed by atoms with Crippen molar-refractivity contribution in [2.45, 2.75) is 46.5 Å². The number of hydrogen-bond donors (Lipinski definition) is 0. The first-order chi connectivity index (χ1) is 7.61. The van der Waals surface area contributed by atoms with E-state index in [2.05, 4.69) is 0 Å². The topological polar surface area (TPSA) is 46.6 Å². The summed E-state index contributed by atoms with van der Waals surface area (Å²) in [5, 5.41) is 0. The summed E-state index contributed by atoms with van der Waals surface area (Å²) in [5.74, 6) is -0.0610. The van der Waals surface area contributed by atoms with Crippen molar-refractivity contribution < 1.29 is 14.3 Å². The first-order valence-corrected chi connectivity index (χ1v) is 6.02. The predicted molar refractivity (Wildman–Crippen MR) is 63.0 cm³/mol. The zero-order chi connectivity index (χ0) is 12.4. The van der Waals surface area contributed by atoms with E-state index in [-0.39, 0.29) is 11.9 Å². The maximum Gasteiger partial charge on any atom is 0.305 e. The summed E-state index contributed by atoms with van der Waals surface area (Å²) in [6.07, 6.45) is 2.96. The Morgan fingerprint density at radius 1 is 1.12 bits per heavy atom. The molecule has 0 unspecified atom stereocenters. The van der Waals surface area contributed by atoms with Gasteiger partial charge in [-0.05, 0) is 19.3 Å². The molecule has 0 bridgehead atoms. The van der Waals surface area contributed by atoms with Crippen LogP contribution >= 0.6 is 0 Å². The molecule has 0 spiro atoms. The van der Waals surface area contributed by atoms with E-state index >= 15 is 0 Å². The van der Waals surface area contributed by atoms with Crippen LogP contribution in [0.4, 0.5) is 0 Å². The molecule has 0 fully saturated rings. The lowest BCUT2D eigenvalue weighted by Crippen LogP contribution is -2.31. The standard InChI is InChI=1S/C12H23NO3/c1-4-7-12(15)16-10-6-9-13(8-5-2)11(3)14/h4-10H2,1-3H3. The second-order valence-electron chi connectivity index (χ2n) is 3.83. The van der Waals surface area contributed by atoms with Gasteiger partial charge in [0.1, 0.15) is 0 Å². The third kappa shape index (κ3) is 7.26. The number of esters is 1. The van der Waals surface area contributed by atoms with Crippen LogP contribution in [0.1, 0.15) is 46.5 Å². The van der Waals surface area contributed by atoms with Crippen molar-refractivity contribution in [3.8, 4) is 0 Å². The molecule has 0 aromatic rings. The van der Waals surface area contributed by atoms with Crippen LogP contribution in [0.15, 0.2) is 0 Å². The first-order valence-electron chi connectivity index (χ1n) is 6.02.